The second-order valence-corrected chi connectivity index (χ2v) is 6.19. The van der Waals surface area contributed by atoms with Gasteiger partial charge in [0, 0.05) is 6.04 Å². The SMILES string of the molecule is CCC1C(=O)NC(C)(C)C(=O)N1C(C)CCN(C)C. The highest BCUT2D eigenvalue weighted by Gasteiger charge is 2.45. The predicted octanol–water partition coefficient (Wildman–Crippen LogP) is 0.842. The van der Waals surface area contributed by atoms with E-state index in [9.17, 15) is 9.59 Å². The lowest BCUT2D eigenvalue weighted by Gasteiger charge is -2.45. The molecule has 0 radical (unpaired) electrons. The maximum absolute atomic E-state index is 12.5. The van der Waals surface area contributed by atoms with Crippen LogP contribution in [0.25, 0.3) is 0 Å². The van der Waals surface area contributed by atoms with Crippen LogP contribution in [0.2, 0.25) is 0 Å². The maximum Gasteiger partial charge on any atom is 0.248 e. The molecular formula is C14H27N3O2. The number of carbonyl (C=O) groups excluding carboxylic acids is 2. The minimum atomic E-state index is -0.796. The van der Waals surface area contributed by atoms with Crippen LogP contribution in [0.3, 0.4) is 0 Å². The minimum Gasteiger partial charge on any atom is -0.340 e. The van der Waals surface area contributed by atoms with E-state index in [4.69, 9.17) is 0 Å². The lowest BCUT2D eigenvalue weighted by Crippen LogP contribution is -2.69. The number of nitrogens with zero attached hydrogens (tertiary/aromatic N) is 2. The van der Waals surface area contributed by atoms with Gasteiger partial charge in [0.25, 0.3) is 0 Å². The van der Waals surface area contributed by atoms with Crippen molar-refractivity contribution in [3.05, 3.63) is 0 Å². The van der Waals surface area contributed by atoms with Crippen LogP contribution in [0.1, 0.15) is 40.5 Å². The van der Waals surface area contributed by atoms with Crippen molar-refractivity contribution >= 4 is 11.8 Å². The van der Waals surface area contributed by atoms with Crippen molar-refractivity contribution in [2.45, 2.75) is 58.2 Å². The molecule has 0 aromatic rings. The summed E-state index contributed by atoms with van der Waals surface area (Å²) in [4.78, 5) is 28.5. The predicted molar refractivity (Wildman–Crippen MR) is 75.8 cm³/mol. The Morgan fingerprint density at radius 2 is 1.95 bits per heavy atom. The van der Waals surface area contributed by atoms with E-state index in [1.807, 2.05) is 27.9 Å². The second kappa shape index (κ2) is 5.90. The van der Waals surface area contributed by atoms with Crippen molar-refractivity contribution in [3.8, 4) is 0 Å². The molecule has 0 aromatic heterocycles. The van der Waals surface area contributed by atoms with E-state index in [2.05, 4.69) is 10.2 Å². The molecule has 2 amide bonds. The van der Waals surface area contributed by atoms with Gasteiger partial charge in [0.2, 0.25) is 11.8 Å². The number of rotatable bonds is 5. The summed E-state index contributed by atoms with van der Waals surface area (Å²) < 4.78 is 0. The highest BCUT2D eigenvalue weighted by Crippen LogP contribution is 2.23. The topological polar surface area (TPSA) is 52.7 Å². The molecule has 1 aliphatic rings. The third-order valence-corrected chi connectivity index (χ3v) is 3.70. The molecule has 0 bridgehead atoms. The van der Waals surface area contributed by atoms with E-state index in [-0.39, 0.29) is 23.9 Å². The molecule has 5 nitrogen and oxygen atoms in total. The molecule has 1 fully saturated rings. The molecular weight excluding hydrogens is 242 g/mol. The Balaban J connectivity index is 2.90. The third kappa shape index (κ3) is 3.47. The summed E-state index contributed by atoms with van der Waals surface area (Å²) in [5.74, 6) is -0.0194. The fourth-order valence-corrected chi connectivity index (χ4v) is 2.51. The Hall–Kier alpha value is -1.10. The molecule has 1 saturated heterocycles. The summed E-state index contributed by atoms with van der Waals surface area (Å²) in [6, 6.07) is -0.261. The van der Waals surface area contributed by atoms with Crippen LogP contribution in [0, 0.1) is 0 Å². The van der Waals surface area contributed by atoms with Gasteiger partial charge < -0.3 is 15.1 Å². The van der Waals surface area contributed by atoms with Crippen LogP contribution in [0.5, 0.6) is 0 Å². The van der Waals surface area contributed by atoms with E-state index in [1.165, 1.54) is 0 Å². The van der Waals surface area contributed by atoms with Crippen LogP contribution < -0.4 is 5.32 Å². The van der Waals surface area contributed by atoms with Crippen LogP contribution in [-0.4, -0.2) is 59.9 Å². The zero-order valence-corrected chi connectivity index (χ0v) is 13.0. The van der Waals surface area contributed by atoms with Gasteiger partial charge in [0.15, 0.2) is 0 Å². The minimum absolute atomic E-state index is 0.0187. The van der Waals surface area contributed by atoms with Gasteiger partial charge in [-0.15, -0.1) is 0 Å². The van der Waals surface area contributed by atoms with Crippen LogP contribution in [0.15, 0.2) is 0 Å². The van der Waals surface area contributed by atoms with E-state index in [0.717, 1.165) is 13.0 Å². The molecule has 19 heavy (non-hydrogen) atoms. The lowest BCUT2D eigenvalue weighted by molar-refractivity contribution is -0.156. The Kier molecular flexibility index (Phi) is 4.96. The molecule has 110 valence electrons. The highest BCUT2D eigenvalue weighted by molar-refractivity contribution is 5.99. The molecule has 0 saturated carbocycles. The summed E-state index contributed by atoms with van der Waals surface area (Å²) in [5.41, 5.74) is -0.796. The van der Waals surface area contributed by atoms with E-state index < -0.39 is 5.54 Å². The van der Waals surface area contributed by atoms with Gasteiger partial charge in [-0.05, 0) is 54.3 Å². The molecule has 0 aromatic carbocycles. The van der Waals surface area contributed by atoms with Crippen molar-refractivity contribution in [1.29, 1.82) is 0 Å². The van der Waals surface area contributed by atoms with Gasteiger partial charge in [-0.2, -0.15) is 0 Å². The third-order valence-electron chi connectivity index (χ3n) is 3.70. The smallest absolute Gasteiger partial charge is 0.248 e. The van der Waals surface area contributed by atoms with Crippen molar-refractivity contribution in [1.82, 2.24) is 15.1 Å². The summed E-state index contributed by atoms with van der Waals surface area (Å²) in [6.07, 6.45) is 1.53. The summed E-state index contributed by atoms with van der Waals surface area (Å²) >= 11 is 0. The van der Waals surface area contributed by atoms with Gasteiger partial charge in [0.1, 0.15) is 11.6 Å². The molecule has 1 rings (SSSR count). The normalized spacial score (nSPS) is 24.6. The quantitative estimate of drug-likeness (QED) is 0.805. The standard InChI is InChI=1S/C14H27N3O2/c1-7-11-12(18)15-14(3,4)13(19)17(11)10(2)8-9-16(5)6/h10-11H,7-9H2,1-6H3,(H,15,18). The van der Waals surface area contributed by atoms with E-state index in [1.54, 1.807) is 18.7 Å². The number of hydrogen-bond acceptors (Lipinski definition) is 3. The van der Waals surface area contributed by atoms with Gasteiger partial charge >= 0.3 is 0 Å². The van der Waals surface area contributed by atoms with Gasteiger partial charge in [-0.25, -0.2) is 0 Å². The summed E-state index contributed by atoms with van der Waals surface area (Å²) in [5, 5.41) is 2.82. The Bertz CT molecular complexity index is 353. The molecule has 1 heterocycles. The fraction of sp³-hybridized carbons (Fsp3) is 0.857. The van der Waals surface area contributed by atoms with Gasteiger partial charge in [-0.3, -0.25) is 9.59 Å². The van der Waals surface area contributed by atoms with Gasteiger partial charge in [-0.1, -0.05) is 6.92 Å². The zero-order valence-electron chi connectivity index (χ0n) is 13.0. The van der Waals surface area contributed by atoms with Gasteiger partial charge in [0.05, 0.1) is 0 Å². The first-order chi connectivity index (χ1) is 8.70. The molecule has 1 aliphatic heterocycles. The first-order valence-electron chi connectivity index (χ1n) is 7.00. The molecule has 5 heteroatoms. The fourth-order valence-electron chi connectivity index (χ4n) is 2.51. The van der Waals surface area contributed by atoms with E-state index in [0.29, 0.717) is 6.42 Å². The van der Waals surface area contributed by atoms with Crippen LogP contribution >= 0.6 is 0 Å². The molecule has 2 unspecified atom stereocenters. The molecule has 0 spiro atoms. The van der Waals surface area contributed by atoms with Crippen molar-refractivity contribution in [2.24, 2.45) is 0 Å². The monoisotopic (exact) mass is 269 g/mol. The summed E-state index contributed by atoms with van der Waals surface area (Å²) in [6.45, 7) is 8.42. The zero-order chi connectivity index (χ0) is 14.8. The summed E-state index contributed by atoms with van der Waals surface area (Å²) in [7, 11) is 4.03. The molecule has 2 atom stereocenters. The highest BCUT2D eigenvalue weighted by atomic mass is 16.2. The second-order valence-electron chi connectivity index (χ2n) is 6.19. The Labute approximate surface area is 116 Å². The number of piperazine rings is 1. The van der Waals surface area contributed by atoms with Crippen LogP contribution in [0.4, 0.5) is 0 Å². The molecule has 1 N–H and O–H groups in total. The van der Waals surface area contributed by atoms with E-state index >= 15 is 0 Å². The van der Waals surface area contributed by atoms with Crippen molar-refractivity contribution in [3.63, 3.8) is 0 Å². The lowest BCUT2D eigenvalue weighted by atomic mass is 9.93. The maximum atomic E-state index is 12.5. The number of amides is 2. The largest absolute Gasteiger partial charge is 0.340 e. The Morgan fingerprint density at radius 3 is 2.42 bits per heavy atom. The average Bonchev–Trinajstić information content (AvgIpc) is 2.29. The Morgan fingerprint density at radius 1 is 1.37 bits per heavy atom. The first-order valence-corrected chi connectivity index (χ1v) is 7.00. The van der Waals surface area contributed by atoms with Crippen molar-refractivity contribution in [2.75, 3.05) is 20.6 Å². The molecule has 0 aliphatic carbocycles. The number of carbonyl (C=O) groups is 2. The van der Waals surface area contributed by atoms with Crippen molar-refractivity contribution < 1.29 is 9.59 Å². The number of hydrogen-bond donors (Lipinski definition) is 1. The first kappa shape index (κ1) is 16.0. The average molecular weight is 269 g/mol. The van der Waals surface area contributed by atoms with Crippen LogP contribution in [-0.2, 0) is 9.59 Å². The number of nitrogens with one attached hydrogen (secondary N) is 1.